The second-order valence-electron chi connectivity index (χ2n) is 10.2. The molecule has 2 atom stereocenters. The number of nitrogens with zero attached hydrogens (tertiary/aromatic N) is 2. The van der Waals surface area contributed by atoms with E-state index in [9.17, 15) is 4.79 Å². The highest BCUT2D eigenvalue weighted by Crippen LogP contribution is 2.38. The number of likely N-dealkylation sites (tertiary alicyclic amines) is 1. The SMILES string of the molecule is COc1cccc(C(=O)N(c2cccc(OC)c2)C2CCN(C3CCCCC3c3ccccc3)CC2)c1. The van der Waals surface area contributed by atoms with Crippen LogP contribution < -0.4 is 14.4 Å². The summed E-state index contributed by atoms with van der Waals surface area (Å²) in [6.45, 7) is 2.01. The summed E-state index contributed by atoms with van der Waals surface area (Å²) in [5, 5.41) is 0. The van der Waals surface area contributed by atoms with Crippen molar-refractivity contribution in [3.63, 3.8) is 0 Å². The number of rotatable bonds is 7. The molecule has 37 heavy (non-hydrogen) atoms. The molecule has 0 bridgehead atoms. The van der Waals surface area contributed by atoms with Crippen LogP contribution in [0.3, 0.4) is 0 Å². The van der Waals surface area contributed by atoms with Crippen LogP contribution in [0.1, 0.15) is 60.4 Å². The lowest BCUT2D eigenvalue weighted by Gasteiger charge is -2.45. The molecule has 2 fully saturated rings. The number of piperidine rings is 1. The van der Waals surface area contributed by atoms with Crippen molar-refractivity contribution in [2.75, 3.05) is 32.2 Å². The first-order valence-electron chi connectivity index (χ1n) is 13.6. The topological polar surface area (TPSA) is 42.0 Å². The largest absolute Gasteiger partial charge is 0.497 e. The van der Waals surface area contributed by atoms with Gasteiger partial charge in [-0.25, -0.2) is 0 Å². The third kappa shape index (κ3) is 5.67. The van der Waals surface area contributed by atoms with Crippen LogP contribution in [0.5, 0.6) is 11.5 Å². The number of anilines is 1. The number of carbonyl (C=O) groups excluding carboxylic acids is 1. The van der Waals surface area contributed by atoms with Gasteiger partial charge in [0.15, 0.2) is 0 Å². The highest BCUT2D eigenvalue weighted by Gasteiger charge is 2.36. The molecule has 1 amide bonds. The summed E-state index contributed by atoms with van der Waals surface area (Å²) < 4.78 is 10.9. The van der Waals surface area contributed by atoms with E-state index in [4.69, 9.17) is 9.47 Å². The first-order chi connectivity index (χ1) is 18.2. The number of hydrogen-bond donors (Lipinski definition) is 0. The highest BCUT2D eigenvalue weighted by atomic mass is 16.5. The Morgan fingerprint density at radius 2 is 1.46 bits per heavy atom. The highest BCUT2D eigenvalue weighted by molar-refractivity contribution is 6.06. The van der Waals surface area contributed by atoms with Crippen LogP contribution in [-0.4, -0.2) is 50.2 Å². The van der Waals surface area contributed by atoms with Gasteiger partial charge in [0, 0.05) is 42.5 Å². The fourth-order valence-corrected chi connectivity index (χ4v) is 6.26. The molecule has 194 valence electrons. The van der Waals surface area contributed by atoms with E-state index >= 15 is 0 Å². The lowest BCUT2D eigenvalue weighted by atomic mass is 9.78. The predicted octanol–water partition coefficient (Wildman–Crippen LogP) is 6.54. The Hall–Kier alpha value is -3.31. The Balaban J connectivity index is 1.37. The number of hydrogen-bond acceptors (Lipinski definition) is 4. The van der Waals surface area contributed by atoms with Crippen LogP contribution in [0.4, 0.5) is 5.69 Å². The Kier molecular flexibility index (Phi) is 8.10. The average molecular weight is 499 g/mol. The fraction of sp³-hybridized carbons (Fsp3) is 0.406. The summed E-state index contributed by atoms with van der Waals surface area (Å²) in [7, 11) is 3.30. The molecule has 1 saturated carbocycles. The molecule has 1 heterocycles. The summed E-state index contributed by atoms with van der Waals surface area (Å²) >= 11 is 0. The third-order valence-electron chi connectivity index (χ3n) is 8.16. The summed E-state index contributed by atoms with van der Waals surface area (Å²) in [4.78, 5) is 18.6. The molecule has 0 N–H and O–H groups in total. The number of carbonyl (C=O) groups is 1. The molecule has 5 rings (SSSR count). The van der Waals surface area contributed by atoms with E-state index in [1.165, 1.54) is 31.2 Å². The van der Waals surface area contributed by atoms with E-state index in [0.29, 0.717) is 23.3 Å². The molecule has 2 unspecified atom stereocenters. The first-order valence-corrected chi connectivity index (χ1v) is 13.6. The zero-order valence-corrected chi connectivity index (χ0v) is 22.0. The first kappa shape index (κ1) is 25.3. The summed E-state index contributed by atoms with van der Waals surface area (Å²) in [6, 6.07) is 27.1. The van der Waals surface area contributed by atoms with E-state index in [1.54, 1.807) is 14.2 Å². The molecule has 5 nitrogen and oxygen atoms in total. The zero-order valence-electron chi connectivity index (χ0n) is 22.0. The average Bonchev–Trinajstić information content (AvgIpc) is 2.98. The summed E-state index contributed by atoms with van der Waals surface area (Å²) in [5.74, 6) is 2.05. The van der Waals surface area contributed by atoms with Crippen molar-refractivity contribution < 1.29 is 14.3 Å². The van der Waals surface area contributed by atoms with Crippen molar-refractivity contribution in [2.24, 2.45) is 0 Å². The Bertz CT molecular complexity index is 1170. The van der Waals surface area contributed by atoms with Gasteiger partial charge in [-0.2, -0.15) is 0 Å². The lowest BCUT2D eigenvalue weighted by molar-refractivity contribution is 0.0894. The molecule has 1 saturated heterocycles. The van der Waals surface area contributed by atoms with Crippen LogP contribution >= 0.6 is 0 Å². The fourth-order valence-electron chi connectivity index (χ4n) is 6.26. The van der Waals surface area contributed by atoms with Crippen molar-refractivity contribution in [1.82, 2.24) is 4.90 Å². The smallest absolute Gasteiger partial charge is 0.258 e. The second kappa shape index (κ2) is 11.8. The van der Waals surface area contributed by atoms with Crippen LogP contribution in [-0.2, 0) is 0 Å². The number of methoxy groups -OCH3 is 2. The number of benzene rings is 3. The summed E-state index contributed by atoms with van der Waals surface area (Å²) in [5.41, 5.74) is 2.99. The number of ether oxygens (including phenoxy) is 2. The van der Waals surface area contributed by atoms with Crippen LogP contribution in [0.15, 0.2) is 78.9 Å². The van der Waals surface area contributed by atoms with E-state index in [1.807, 2.05) is 53.4 Å². The molecule has 5 heteroatoms. The predicted molar refractivity (Wildman–Crippen MR) is 149 cm³/mol. The monoisotopic (exact) mass is 498 g/mol. The maximum atomic E-state index is 13.9. The van der Waals surface area contributed by atoms with Gasteiger partial charge >= 0.3 is 0 Å². The molecule has 3 aromatic rings. The van der Waals surface area contributed by atoms with Crippen LogP contribution in [0.25, 0.3) is 0 Å². The quantitative estimate of drug-likeness (QED) is 0.371. The van der Waals surface area contributed by atoms with Crippen molar-refractivity contribution in [2.45, 2.75) is 56.5 Å². The van der Waals surface area contributed by atoms with E-state index in [0.717, 1.165) is 37.4 Å². The van der Waals surface area contributed by atoms with E-state index < -0.39 is 0 Å². The van der Waals surface area contributed by atoms with Gasteiger partial charge in [-0.3, -0.25) is 9.69 Å². The molecule has 0 aromatic heterocycles. The minimum absolute atomic E-state index is 0.00503. The van der Waals surface area contributed by atoms with Gasteiger partial charge in [-0.05, 0) is 67.5 Å². The van der Waals surface area contributed by atoms with Crippen LogP contribution in [0.2, 0.25) is 0 Å². The number of amides is 1. The maximum Gasteiger partial charge on any atom is 0.258 e. The molecular formula is C32H38N2O3. The minimum atomic E-state index is 0.00503. The molecule has 0 spiro atoms. The van der Waals surface area contributed by atoms with Crippen LogP contribution in [0, 0.1) is 0 Å². The standard InChI is InChI=1S/C32H38N2O3/c1-36-28-14-8-12-25(22-28)32(35)34(27-13-9-15-29(23-27)37-2)26-18-20-33(21-19-26)31-17-7-6-16-30(31)24-10-4-3-5-11-24/h3-5,8-15,22-23,26,30-31H,6-7,16-21H2,1-2H3. The summed E-state index contributed by atoms with van der Waals surface area (Å²) in [6.07, 6.45) is 7.03. The zero-order chi connectivity index (χ0) is 25.6. The minimum Gasteiger partial charge on any atom is -0.497 e. The Labute approximate surface area is 221 Å². The van der Waals surface area contributed by atoms with Gasteiger partial charge in [-0.15, -0.1) is 0 Å². The lowest BCUT2D eigenvalue weighted by Crippen LogP contribution is -2.51. The van der Waals surface area contributed by atoms with Crippen molar-refractivity contribution in [3.8, 4) is 11.5 Å². The van der Waals surface area contributed by atoms with Gasteiger partial charge < -0.3 is 14.4 Å². The maximum absolute atomic E-state index is 13.9. The molecular weight excluding hydrogens is 460 g/mol. The molecule has 3 aromatic carbocycles. The molecule has 1 aliphatic carbocycles. The Morgan fingerprint density at radius 1 is 0.784 bits per heavy atom. The Morgan fingerprint density at radius 3 is 2.19 bits per heavy atom. The third-order valence-corrected chi connectivity index (χ3v) is 8.16. The van der Waals surface area contributed by atoms with Gasteiger partial charge in [-0.1, -0.05) is 55.3 Å². The van der Waals surface area contributed by atoms with Crippen molar-refractivity contribution >= 4 is 11.6 Å². The van der Waals surface area contributed by atoms with Gasteiger partial charge in [0.1, 0.15) is 11.5 Å². The van der Waals surface area contributed by atoms with Crippen molar-refractivity contribution in [1.29, 1.82) is 0 Å². The second-order valence-corrected chi connectivity index (χ2v) is 10.2. The normalized spacial score (nSPS) is 20.8. The van der Waals surface area contributed by atoms with Gasteiger partial charge in [0.25, 0.3) is 5.91 Å². The van der Waals surface area contributed by atoms with Gasteiger partial charge in [0.2, 0.25) is 0 Å². The van der Waals surface area contributed by atoms with Gasteiger partial charge in [0.05, 0.1) is 14.2 Å². The van der Waals surface area contributed by atoms with E-state index in [-0.39, 0.29) is 11.9 Å². The molecule has 2 aliphatic rings. The van der Waals surface area contributed by atoms with Crippen molar-refractivity contribution in [3.05, 3.63) is 90.0 Å². The van der Waals surface area contributed by atoms with E-state index in [2.05, 4.69) is 35.2 Å². The molecule has 1 aliphatic heterocycles. The molecule has 0 radical (unpaired) electrons.